The summed E-state index contributed by atoms with van der Waals surface area (Å²) in [5, 5.41) is 30.7. The highest BCUT2D eigenvalue weighted by atomic mass is 19.1. The predicted molar refractivity (Wildman–Crippen MR) is 288 cm³/mol. The Morgan fingerprint density at radius 2 is 1.63 bits per heavy atom. The van der Waals surface area contributed by atoms with Gasteiger partial charge in [0.05, 0.1) is 17.6 Å². The number of phenolic OH excluding ortho intramolecular Hbond substituents is 3. The Balaban J connectivity index is 0.000000473. The Labute approximate surface area is 438 Å². The Hall–Kier alpha value is -6.60. The number of halogens is 2. The molecule has 1 unspecified atom stereocenters. The number of rotatable bonds is 13. The van der Waals surface area contributed by atoms with Crippen LogP contribution in [0.3, 0.4) is 0 Å². The standard InChI is InChI=1S/C50H56F2N8O3.C10H14O2/c1-2-40-43(51)8-7-36-21-39(62)22-41(44(36)40)46-45(52)47-42(24-54-46)48(60-15-3-4-33(23-53)26-60)56-49(55-47)63-30-50(13-14-50)29-58-18-11-35(12-19-58)34-9-16-57(17-10-34)25-32-5-6-37-27-59(31-61)28-38(37)20-32;1-6(2)8-5-9(11)7(3)4-10(8)12/h1,5-8,20-22,24,31,33-35,62H,3-4,9-19,23,25-30,53H2;4-6,11-12H,1-3H3. The summed E-state index contributed by atoms with van der Waals surface area (Å²) >= 11 is 0. The van der Waals surface area contributed by atoms with Crippen molar-refractivity contribution < 1.29 is 33.6 Å². The highest BCUT2D eigenvalue weighted by molar-refractivity contribution is 6.03. The molecule has 0 radical (unpaired) electrons. The average molecular weight is 1020 g/mol. The zero-order valence-electron chi connectivity index (χ0n) is 43.5. The van der Waals surface area contributed by atoms with E-state index in [0.717, 1.165) is 108 Å². The summed E-state index contributed by atoms with van der Waals surface area (Å²) < 4.78 is 38.5. The zero-order chi connectivity index (χ0) is 52.5. The first kappa shape index (κ1) is 51.9. The quantitative estimate of drug-likeness (QED) is 0.0493. The van der Waals surface area contributed by atoms with Gasteiger partial charge in [-0.25, -0.2) is 8.78 Å². The van der Waals surface area contributed by atoms with Crippen molar-refractivity contribution in [2.75, 3.05) is 63.9 Å². The molecule has 4 aliphatic heterocycles. The lowest BCUT2D eigenvalue weighted by atomic mass is 9.78. The molecule has 394 valence electrons. The number of pyridine rings is 1. The van der Waals surface area contributed by atoms with Crippen molar-refractivity contribution in [1.82, 2.24) is 29.7 Å². The van der Waals surface area contributed by atoms with E-state index in [4.69, 9.17) is 26.9 Å². The normalized spacial score (nSPS) is 19.3. The first-order chi connectivity index (χ1) is 36.2. The molecule has 1 amide bonds. The molecule has 1 atom stereocenters. The van der Waals surface area contributed by atoms with Crippen LogP contribution >= 0.6 is 0 Å². The summed E-state index contributed by atoms with van der Waals surface area (Å²) in [6.45, 7) is 15.9. The molecule has 5 N–H and O–H groups in total. The van der Waals surface area contributed by atoms with Gasteiger partial charge in [-0.15, -0.1) is 6.42 Å². The number of amides is 1. The molecule has 4 aromatic carbocycles. The van der Waals surface area contributed by atoms with Gasteiger partial charge in [-0.3, -0.25) is 14.7 Å². The van der Waals surface area contributed by atoms with Gasteiger partial charge in [0.15, 0.2) is 5.82 Å². The zero-order valence-corrected chi connectivity index (χ0v) is 43.5. The van der Waals surface area contributed by atoms with Crippen molar-refractivity contribution in [2.45, 2.75) is 97.7 Å². The fourth-order valence-electron chi connectivity index (χ4n) is 12.2. The SMILES string of the molecule is C#Cc1c(F)ccc2cc(O)cc(-c3ncc4c(N5CCCC(CN)C5)nc(OCC5(CN6CCC(C7CCN(Cc8ccc9c(c8)CN(C=O)C9)CC7)CC6)CC5)nc4c3F)c12.Cc1cc(O)c(C(C)C)cc1O. The van der Waals surface area contributed by atoms with Crippen LogP contribution in [-0.2, 0) is 24.4 Å². The molecular formula is C60H70F2N8O5. The number of aromatic nitrogens is 3. The number of terminal acetylenes is 1. The monoisotopic (exact) mass is 1020 g/mol. The van der Waals surface area contributed by atoms with Gasteiger partial charge in [0.2, 0.25) is 6.41 Å². The van der Waals surface area contributed by atoms with Gasteiger partial charge in [0, 0.05) is 67.4 Å². The minimum Gasteiger partial charge on any atom is -0.508 e. The molecule has 13 nitrogen and oxygen atoms in total. The van der Waals surface area contributed by atoms with E-state index in [1.807, 2.05) is 18.7 Å². The minimum absolute atomic E-state index is 0.00631. The third kappa shape index (κ3) is 11.2. The second-order valence-corrected chi connectivity index (χ2v) is 22.3. The van der Waals surface area contributed by atoms with Gasteiger partial charge in [-0.1, -0.05) is 44.0 Å². The number of phenols is 3. The number of aryl methyl sites for hydroxylation is 1. The van der Waals surface area contributed by atoms with E-state index < -0.39 is 11.6 Å². The molecule has 2 aromatic heterocycles. The minimum atomic E-state index is -0.727. The molecule has 0 spiro atoms. The maximum Gasteiger partial charge on any atom is 0.319 e. The Kier molecular flexibility index (Phi) is 15.2. The number of aromatic hydroxyl groups is 3. The van der Waals surface area contributed by atoms with Crippen molar-refractivity contribution in [3.05, 3.63) is 106 Å². The van der Waals surface area contributed by atoms with Crippen molar-refractivity contribution >= 4 is 33.9 Å². The molecule has 1 aliphatic carbocycles. The number of hydrogen-bond acceptors (Lipinski definition) is 12. The number of likely N-dealkylation sites (tertiary alicyclic amines) is 2. The molecule has 0 bridgehead atoms. The molecule has 15 heteroatoms. The second kappa shape index (κ2) is 21.9. The predicted octanol–water partition coefficient (Wildman–Crippen LogP) is 9.77. The summed E-state index contributed by atoms with van der Waals surface area (Å²) in [4.78, 5) is 34.6. The Morgan fingerprint density at radius 1 is 0.893 bits per heavy atom. The van der Waals surface area contributed by atoms with Crippen molar-refractivity contribution in [2.24, 2.45) is 28.9 Å². The summed E-state index contributed by atoms with van der Waals surface area (Å²) in [6, 6.07) is 15.6. The number of fused-ring (bicyclic) bond motifs is 3. The fourth-order valence-corrected chi connectivity index (χ4v) is 12.2. The van der Waals surface area contributed by atoms with E-state index in [2.05, 4.69) is 43.8 Å². The number of piperidine rings is 3. The van der Waals surface area contributed by atoms with Crippen LogP contribution in [-0.4, -0.2) is 110 Å². The molecule has 5 aliphatic rings. The Bertz CT molecular complexity index is 3120. The lowest BCUT2D eigenvalue weighted by Crippen LogP contribution is -2.43. The van der Waals surface area contributed by atoms with E-state index in [1.54, 1.807) is 25.3 Å². The number of hydrogen-bond donors (Lipinski definition) is 4. The van der Waals surface area contributed by atoms with Gasteiger partial charge in [-0.2, -0.15) is 9.97 Å². The van der Waals surface area contributed by atoms with Crippen LogP contribution in [0.5, 0.6) is 23.3 Å². The Morgan fingerprint density at radius 3 is 2.32 bits per heavy atom. The van der Waals surface area contributed by atoms with Crippen LogP contribution < -0.4 is 15.4 Å². The van der Waals surface area contributed by atoms with E-state index >= 15 is 4.39 Å². The second-order valence-electron chi connectivity index (χ2n) is 22.3. The lowest BCUT2D eigenvalue weighted by molar-refractivity contribution is -0.118. The van der Waals surface area contributed by atoms with E-state index in [1.165, 1.54) is 66.6 Å². The molecule has 11 rings (SSSR count). The summed E-state index contributed by atoms with van der Waals surface area (Å²) in [7, 11) is 0. The molecule has 4 fully saturated rings. The highest BCUT2D eigenvalue weighted by Gasteiger charge is 2.46. The molecule has 3 saturated heterocycles. The topological polar surface area (TPSA) is 165 Å². The number of benzene rings is 4. The number of nitrogens with zero attached hydrogens (tertiary/aromatic N) is 7. The van der Waals surface area contributed by atoms with Crippen molar-refractivity contribution in [1.29, 1.82) is 0 Å². The van der Waals surface area contributed by atoms with Crippen LogP contribution in [0.1, 0.15) is 105 Å². The van der Waals surface area contributed by atoms with E-state index in [9.17, 15) is 24.5 Å². The first-order valence-corrected chi connectivity index (χ1v) is 26.9. The molecule has 6 heterocycles. The van der Waals surface area contributed by atoms with Crippen LogP contribution in [0.15, 0.2) is 60.8 Å². The maximum absolute atomic E-state index is 17.1. The number of nitrogens with two attached hydrogens (primary N) is 1. The van der Waals surface area contributed by atoms with Crippen LogP contribution in [0.4, 0.5) is 14.6 Å². The van der Waals surface area contributed by atoms with Gasteiger partial charge in [0.25, 0.3) is 0 Å². The average Bonchev–Trinajstić information content (AvgIpc) is 4.05. The van der Waals surface area contributed by atoms with Gasteiger partial charge >= 0.3 is 6.01 Å². The largest absolute Gasteiger partial charge is 0.508 e. The fraction of sp³-hybridized carbons (Fsp3) is 0.467. The summed E-state index contributed by atoms with van der Waals surface area (Å²) in [5.74, 6) is 4.03. The smallest absolute Gasteiger partial charge is 0.319 e. The number of anilines is 1. The van der Waals surface area contributed by atoms with Crippen molar-refractivity contribution in [3.8, 4) is 46.9 Å². The van der Waals surface area contributed by atoms with Gasteiger partial charge < -0.3 is 40.5 Å². The number of carbonyl (C=O) groups is 1. The van der Waals surface area contributed by atoms with Gasteiger partial charge in [-0.05, 0) is 173 Å². The first-order valence-electron chi connectivity index (χ1n) is 26.9. The van der Waals surface area contributed by atoms with E-state index in [0.29, 0.717) is 41.9 Å². The van der Waals surface area contributed by atoms with Crippen LogP contribution in [0.25, 0.3) is 32.9 Å². The maximum atomic E-state index is 17.1. The molecule has 6 aromatic rings. The third-order valence-electron chi connectivity index (χ3n) is 16.7. The van der Waals surface area contributed by atoms with Crippen LogP contribution in [0, 0.1) is 54.1 Å². The third-order valence-corrected chi connectivity index (χ3v) is 16.7. The number of carbonyl (C=O) groups excluding carboxylic acids is 1. The summed E-state index contributed by atoms with van der Waals surface area (Å²) in [6.07, 6.45) is 17.2. The lowest BCUT2D eigenvalue weighted by Gasteiger charge is -2.41. The van der Waals surface area contributed by atoms with Crippen LogP contribution in [0.2, 0.25) is 0 Å². The molecule has 75 heavy (non-hydrogen) atoms. The summed E-state index contributed by atoms with van der Waals surface area (Å²) in [5.41, 5.74) is 11.6. The molecule has 1 saturated carbocycles. The number of ether oxygens (including phenoxy) is 1. The van der Waals surface area contributed by atoms with Crippen molar-refractivity contribution in [3.63, 3.8) is 0 Å². The highest BCUT2D eigenvalue weighted by Crippen LogP contribution is 2.48. The molecular weight excluding hydrogens is 951 g/mol. The van der Waals surface area contributed by atoms with Gasteiger partial charge in [0.1, 0.15) is 40.1 Å². The van der Waals surface area contributed by atoms with E-state index in [-0.39, 0.29) is 68.2 Å².